The van der Waals surface area contributed by atoms with Gasteiger partial charge in [-0.2, -0.15) is 0 Å². The number of hydrogen-bond donors (Lipinski definition) is 2. The van der Waals surface area contributed by atoms with Crippen molar-refractivity contribution in [2.45, 2.75) is 27.7 Å². The fourth-order valence-corrected chi connectivity index (χ4v) is 1.08. The summed E-state index contributed by atoms with van der Waals surface area (Å²) in [6.45, 7) is 7.57. The minimum absolute atomic E-state index is 0.250. The maximum Gasteiger partial charge on any atom is 0.127 e. The van der Waals surface area contributed by atoms with Crippen LogP contribution < -0.4 is 11.5 Å². The highest BCUT2D eigenvalue weighted by molar-refractivity contribution is 5.63. The molecule has 0 bridgehead atoms. The summed E-state index contributed by atoms with van der Waals surface area (Å²) in [6.07, 6.45) is 1.27. The molecule has 1 rings (SSSR count). The summed E-state index contributed by atoms with van der Waals surface area (Å²) in [4.78, 5) is 0. The molecule has 4 N–H and O–H groups in total. The first-order valence-corrected chi connectivity index (χ1v) is 5.00. The van der Waals surface area contributed by atoms with Crippen LogP contribution in [-0.4, -0.2) is 0 Å². The van der Waals surface area contributed by atoms with Crippen LogP contribution in [0.5, 0.6) is 0 Å². The number of aryl methyl sites for hydroxylation is 1. The second-order valence-corrected chi connectivity index (χ2v) is 3.02. The lowest BCUT2D eigenvalue weighted by Gasteiger charge is -2.06. The molecule has 2 nitrogen and oxygen atoms in total. The third kappa shape index (κ3) is 3.27. The Morgan fingerprint density at radius 3 is 2.20 bits per heavy atom. The summed E-state index contributed by atoms with van der Waals surface area (Å²) in [6, 6.07) is 3.21. The van der Waals surface area contributed by atoms with Gasteiger partial charge < -0.3 is 11.5 Å². The molecular weight excluding hydrogens is 191 g/mol. The largest absolute Gasteiger partial charge is 0.403 e. The fourth-order valence-electron chi connectivity index (χ4n) is 1.08. The molecule has 0 aromatic heterocycles. The summed E-state index contributed by atoms with van der Waals surface area (Å²) >= 11 is 0. The molecule has 1 aromatic rings. The van der Waals surface area contributed by atoms with Gasteiger partial charge in [0.05, 0.1) is 5.70 Å². The van der Waals surface area contributed by atoms with Crippen molar-refractivity contribution >= 4 is 5.70 Å². The Balaban J connectivity index is 0.000000921. The van der Waals surface area contributed by atoms with Gasteiger partial charge in [-0.1, -0.05) is 13.8 Å². The van der Waals surface area contributed by atoms with Crippen LogP contribution in [0.3, 0.4) is 0 Å². The summed E-state index contributed by atoms with van der Waals surface area (Å²) in [5.74, 6) is -0.250. The molecule has 15 heavy (non-hydrogen) atoms. The molecule has 0 fully saturated rings. The zero-order chi connectivity index (χ0) is 12.0. The quantitative estimate of drug-likeness (QED) is 0.748. The van der Waals surface area contributed by atoms with E-state index in [9.17, 15) is 4.39 Å². The highest BCUT2D eigenvalue weighted by Crippen LogP contribution is 2.17. The van der Waals surface area contributed by atoms with Crippen molar-refractivity contribution in [1.29, 1.82) is 0 Å². The zero-order valence-corrected chi connectivity index (χ0v) is 9.76. The maximum absolute atomic E-state index is 13.2. The number of hydrogen-bond acceptors (Lipinski definition) is 2. The summed E-state index contributed by atoms with van der Waals surface area (Å²) < 4.78 is 13.2. The smallest absolute Gasteiger partial charge is 0.127 e. The van der Waals surface area contributed by atoms with Crippen LogP contribution in [0.1, 0.15) is 30.5 Å². The minimum atomic E-state index is -0.250. The third-order valence-electron chi connectivity index (χ3n) is 2.12. The van der Waals surface area contributed by atoms with E-state index in [-0.39, 0.29) is 5.82 Å². The maximum atomic E-state index is 13.2. The van der Waals surface area contributed by atoms with Crippen molar-refractivity contribution in [1.82, 2.24) is 0 Å². The lowest BCUT2D eigenvalue weighted by molar-refractivity contribution is 0.616. The first-order valence-electron chi connectivity index (χ1n) is 5.00. The van der Waals surface area contributed by atoms with Crippen LogP contribution in [0.2, 0.25) is 0 Å². The molecule has 0 amide bonds. The van der Waals surface area contributed by atoms with Gasteiger partial charge in [-0.05, 0) is 37.1 Å². The van der Waals surface area contributed by atoms with Crippen molar-refractivity contribution in [2.24, 2.45) is 11.5 Å². The van der Waals surface area contributed by atoms with Gasteiger partial charge in [-0.3, -0.25) is 0 Å². The summed E-state index contributed by atoms with van der Waals surface area (Å²) in [5.41, 5.74) is 13.3. The van der Waals surface area contributed by atoms with E-state index in [0.29, 0.717) is 16.8 Å². The van der Waals surface area contributed by atoms with Crippen LogP contribution in [0, 0.1) is 19.7 Å². The molecule has 0 atom stereocenters. The normalized spacial score (nSPS) is 10.6. The molecule has 0 radical (unpaired) electrons. The van der Waals surface area contributed by atoms with E-state index < -0.39 is 0 Å². The minimum Gasteiger partial charge on any atom is -0.403 e. The van der Waals surface area contributed by atoms with Crippen molar-refractivity contribution in [2.75, 3.05) is 0 Å². The fraction of sp³-hybridized carbons (Fsp3) is 0.333. The average molecular weight is 210 g/mol. The van der Waals surface area contributed by atoms with Crippen molar-refractivity contribution in [3.05, 3.63) is 40.8 Å². The highest BCUT2D eigenvalue weighted by Gasteiger charge is 2.04. The number of benzene rings is 1. The average Bonchev–Trinajstić information content (AvgIpc) is 2.26. The molecule has 3 heteroatoms. The van der Waals surface area contributed by atoms with Crippen molar-refractivity contribution < 1.29 is 4.39 Å². The molecule has 0 saturated heterocycles. The molecular formula is C12H19FN2. The van der Waals surface area contributed by atoms with Gasteiger partial charge in [0.25, 0.3) is 0 Å². The Morgan fingerprint density at radius 2 is 1.80 bits per heavy atom. The third-order valence-corrected chi connectivity index (χ3v) is 2.12. The Kier molecular flexibility index (Phi) is 5.45. The predicted molar refractivity (Wildman–Crippen MR) is 63.6 cm³/mol. The Labute approximate surface area is 90.8 Å². The van der Waals surface area contributed by atoms with Gasteiger partial charge >= 0.3 is 0 Å². The van der Waals surface area contributed by atoms with E-state index in [1.165, 1.54) is 12.3 Å². The van der Waals surface area contributed by atoms with Gasteiger partial charge in [0.15, 0.2) is 0 Å². The van der Waals surface area contributed by atoms with Crippen LogP contribution in [-0.2, 0) is 0 Å². The van der Waals surface area contributed by atoms with Gasteiger partial charge in [0.1, 0.15) is 5.82 Å². The number of halogens is 1. The summed E-state index contributed by atoms with van der Waals surface area (Å²) in [7, 11) is 0. The van der Waals surface area contributed by atoms with Gasteiger partial charge in [-0.15, -0.1) is 0 Å². The molecule has 0 saturated carbocycles. The number of nitrogens with two attached hydrogens (primary N) is 2. The molecule has 0 aliphatic rings. The molecule has 1 aromatic carbocycles. The topological polar surface area (TPSA) is 52.0 Å². The lowest BCUT2D eigenvalue weighted by Crippen LogP contribution is -2.01. The van der Waals surface area contributed by atoms with E-state index in [1.54, 1.807) is 6.92 Å². The van der Waals surface area contributed by atoms with Crippen LogP contribution >= 0.6 is 0 Å². The van der Waals surface area contributed by atoms with E-state index >= 15 is 0 Å². The SMILES string of the molecule is CC.Cc1cc(/C(N)=C/N)cc(F)c1C. The second kappa shape index (κ2) is 6.06. The molecule has 0 heterocycles. The van der Waals surface area contributed by atoms with Crippen LogP contribution in [0.4, 0.5) is 4.39 Å². The number of rotatable bonds is 1. The van der Waals surface area contributed by atoms with E-state index in [4.69, 9.17) is 11.5 Å². The van der Waals surface area contributed by atoms with Crippen molar-refractivity contribution in [3.63, 3.8) is 0 Å². The molecule has 0 aliphatic heterocycles. The molecule has 0 aliphatic carbocycles. The summed E-state index contributed by atoms with van der Waals surface area (Å²) in [5, 5.41) is 0. The Bertz CT molecular complexity index is 334. The van der Waals surface area contributed by atoms with Crippen LogP contribution in [0.25, 0.3) is 5.70 Å². The highest BCUT2D eigenvalue weighted by atomic mass is 19.1. The van der Waals surface area contributed by atoms with Crippen LogP contribution in [0.15, 0.2) is 18.3 Å². The van der Waals surface area contributed by atoms with E-state index in [1.807, 2.05) is 26.8 Å². The zero-order valence-electron chi connectivity index (χ0n) is 9.76. The van der Waals surface area contributed by atoms with E-state index in [0.717, 1.165) is 5.56 Å². The molecule has 84 valence electrons. The first-order chi connectivity index (χ1) is 7.06. The molecule has 0 unspecified atom stereocenters. The van der Waals surface area contributed by atoms with Gasteiger partial charge in [0, 0.05) is 11.8 Å². The molecule has 0 spiro atoms. The van der Waals surface area contributed by atoms with Crippen molar-refractivity contribution in [3.8, 4) is 0 Å². The standard InChI is InChI=1S/C10H13FN2.C2H6/c1-6-3-8(10(13)5-12)4-9(11)7(6)2;1-2/h3-5H,12-13H2,1-2H3;1-2H3/b10-5-;. The first kappa shape index (κ1) is 13.5. The monoisotopic (exact) mass is 210 g/mol. The Morgan fingerprint density at radius 1 is 1.27 bits per heavy atom. The Hall–Kier alpha value is -1.51. The predicted octanol–water partition coefficient (Wildman–Crippen LogP) is 2.68. The van der Waals surface area contributed by atoms with Gasteiger partial charge in [-0.25, -0.2) is 4.39 Å². The van der Waals surface area contributed by atoms with Gasteiger partial charge in [0.2, 0.25) is 0 Å². The lowest BCUT2D eigenvalue weighted by atomic mass is 10.0. The van der Waals surface area contributed by atoms with E-state index in [2.05, 4.69) is 0 Å². The second-order valence-electron chi connectivity index (χ2n) is 3.02.